The second kappa shape index (κ2) is 11.0. The molecule has 1 amide bonds. The van der Waals surface area contributed by atoms with E-state index in [-0.39, 0.29) is 11.7 Å². The van der Waals surface area contributed by atoms with Crippen LogP contribution in [0, 0.1) is 5.82 Å². The molecule has 2 aromatic carbocycles. The van der Waals surface area contributed by atoms with Crippen LogP contribution in [0.4, 0.5) is 4.39 Å². The standard InChI is InChI=1S/C21H27FN4O/c1-3-23-20(27)18-10-7-8-16(14-18)15-26-21(24-4-2)25-13-12-17-9-5-6-11-19(17)22/h5-11,14H,3-4,12-13,15H2,1-2H3,(H,23,27)(H2,24,25,26). The van der Waals surface area contributed by atoms with Crippen molar-refractivity contribution in [1.29, 1.82) is 0 Å². The summed E-state index contributed by atoms with van der Waals surface area (Å²) in [5.74, 6) is 0.388. The number of halogens is 1. The van der Waals surface area contributed by atoms with Crippen molar-refractivity contribution in [3.63, 3.8) is 0 Å². The van der Waals surface area contributed by atoms with Gasteiger partial charge < -0.3 is 16.0 Å². The van der Waals surface area contributed by atoms with Crippen LogP contribution in [0.2, 0.25) is 0 Å². The number of nitrogens with one attached hydrogen (secondary N) is 3. The fourth-order valence-electron chi connectivity index (χ4n) is 2.60. The molecular formula is C21H27FN4O. The van der Waals surface area contributed by atoms with Gasteiger partial charge in [-0.15, -0.1) is 0 Å². The zero-order valence-electron chi connectivity index (χ0n) is 15.9. The zero-order valence-corrected chi connectivity index (χ0v) is 15.9. The van der Waals surface area contributed by atoms with Gasteiger partial charge in [-0.25, -0.2) is 9.38 Å². The van der Waals surface area contributed by atoms with Crippen molar-refractivity contribution in [3.8, 4) is 0 Å². The van der Waals surface area contributed by atoms with Crippen LogP contribution >= 0.6 is 0 Å². The number of amides is 1. The van der Waals surface area contributed by atoms with Gasteiger partial charge in [-0.1, -0.05) is 30.3 Å². The molecule has 0 aromatic heterocycles. The van der Waals surface area contributed by atoms with Crippen molar-refractivity contribution >= 4 is 11.9 Å². The Morgan fingerprint density at radius 1 is 1.00 bits per heavy atom. The summed E-state index contributed by atoms with van der Waals surface area (Å²) < 4.78 is 13.7. The minimum Gasteiger partial charge on any atom is -0.357 e. The molecular weight excluding hydrogens is 343 g/mol. The SMILES string of the molecule is CCNC(=O)c1cccc(CN=C(NCC)NCCc2ccccc2F)c1. The van der Waals surface area contributed by atoms with Crippen LogP contribution in [0.15, 0.2) is 53.5 Å². The van der Waals surface area contributed by atoms with Crippen LogP contribution < -0.4 is 16.0 Å². The summed E-state index contributed by atoms with van der Waals surface area (Å²) in [7, 11) is 0. The summed E-state index contributed by atoms with van der Waals surface area (Å²) in [5, 5.41) is 9.19. The van der Waals surface area contributed by atoms with Crippen LogP contribution in [0.5, 0.6) is 0 Å². The average Bonchev–Trinajstić information content (AvgIpc) is 2.68. The molecule has 0 radical (unpaired) electrons. The number of benzene rings is 2. The van der Waals surface area contributed by atoms with Gasteiger partial charge >= 0.3 is 0 Å². The predicted molar refractivity (Wildman–Crippen MR) is 107 cm³/mol. The van der Waals surface area contributed by atoms with E-state index in [2.05, 4.69) is 20.9 Å². The molecule has 6 heteroatoms. The van der Waals surface area contributed by atoms with Crippen molar-refractivity contribution in [2.75, 3.05) is 19.6 Å². The summed E-state index contributed by atoms with van der Waals surface area (Å²) in [6, 6.07) is 14.2. The fourth-order valence-corrected chi connectivity index (χ4v) is 2.60. The van der Waals surface area contributed by atoms with Gasteiger partial charge in [0.15, 0.2) is 5.96 Å². The maximum atomic E-state index is 13.7. The first kappa shape index (κ1) is 20.4. The smallest absolute Gasteiger partial charge is 0.251 e. The molecule has 27 heavy (non-hydrogen) atoms. The Hall–Kier alpha value is -2.89. The van der Waals surface area contributed by atoms with Gasteiger partial charge in [-0.05, 0) is 49.6 Å². The van der Waals surface area contributed by atoms with E-state index >= 15 is 0 Å². The quantitative estimate of drug-likeness (QED) is 0.494. The highest BCUT2D eigenvalue weighted by Gasteiger charge is 2.05. The van der Waals surface area contributed by atoms with E-state index in [4.69, 9.17) is 0 Å². The number of hydrogen-bond donors (Lipinski definition) is 3. The van der Waals surface area contributed by atoms with E-state index in [0.717, 1.165) is 12.1 Å². The molecule has 0 unspecified atom stereocenters. The van der Waals surface area contributed by atoms with Crippen molar-refractivity contribution in [1.82, 2.24) is 16.0 Å². The number of nitrogens with zero attached hydrogens (tertiary/aromatic N) is 1. The Bertz CT molecular complexity index is 776. The lowest BCUT2D eigenvalue weighted by atomic mass is 10.1. The first-order chi connectivity index (χ1) is 13.1. The molecule has 2 aromatic rings. The molecule has 0 saturated heterocycles. The summed E-state index contributed by atoms with van der Waals surface area (Å²) in [5.41, 5.74) is 2.25. The zero-order chi connectivity index (χ0) is 19.5. The Labute approximate surface area is 160 Å². The lowest BCUT2D eigenvalue weighted by Crippen LogP contribution is -2.38. The number of aliphatic imine (C=N–C) groups is 1. The van der Waals surface area contributed by atoms with E-state index < -0.39 is 0 Å². The largest absolute Gasteiger partial charge is 0.357 e. The van der Waals surface area contributed by atoms with Gasteiger partial charge in [0, 0.05) is 25.2 Å². The number of rotatable bonds is 8. The third-order valence-corrected chi connectivity index (χ3v) is 3.94. The summed E-state index contributed by atoms with van der Waals surface area (Å²) in [6.07, 6.45) is 0.573. The molecule has 0 bridgehead atoms. The van der Waals surface area contributed by atoms with Crippen LogP contribution in [-0.2, 0) is 13.0 Å². The van der Waals surface area contributed by atoms with Gasteiger partial charge in [-0.3, -0.25) is 4.79 Å². The van der Waals surface area contributed by atoms with Gasteiger partial charge in [0.2, 0.25) is 0 Å². The second-order valence-electron chi connectivity index (χ2n) is 6.02. The van der Waals surface area contributed by atoms with Crippen LogP contribution in [0.3, 0.4) is 0 Å². The highest BCUT2D eigenvalue weighted by Crippen LogP contribution is 2.08. The van der Waals surface area contributed by atoms with Crippen molar-refractivity contribution < 1.29 is 9.18 Å². The summed E-state index contributed by atoms with van der Waals surface area (Å²) in [4.78, 5) is 16.5. The molecule has 0 fully saturated rings. The topological polar surface area (TPSA) is 65.5 Å². The van der Waals surface area contributed by atoms with Crippen LogP contribution in [0.1, 0.15) is 35.3 Å². The molecule has 3 N–H and O–H groups in total. The number of carbonyl (C=O) groups excluding carboxylic acids is 1. The molecule has 0 saturated carbocycles. The monoisotopic (exact) mass is 370 g/mol. The third kappa shape index (κ3) is 6.73. The van der Waals surface area contributed by atoms with Crippen molar-refractivity contribution in [3.05, 3.63) is 71.0 Å². The van der Waals surface area contributed by atoms with Gasteiger partial charge in [0.1, 0.15) is 5.82 Å². The lowest BCUT2D eigenvalue weighted by molar-refractivity contribution is 0.0955. The van der Waals surface area contributed by atoms with E-state index in [1.807, 2.05) is 38.1 Å². The van der Waals surface area contributed by atoms with E-state index in [1.165, 1.54) is 6.07 Å². The first-order valence-electron chi connectivity index (χ1n) is 9.26. The summed E-state index contributed by atoms with van der Waals surface area (Å²) >= 11 is 0. The van der Waals surface area contributed by atoms with Crippen LogP contribution in [-0.4, -0.2) is 31.5 Å². The number of guanidine groups is 1. The van der Waals surface area contributed by atoms with Crippen LogP contribution in [0.25, 0.3) is 0 Å². The molecule has 0 heterocycles. The number of hydrogen-bond acceptors (Lipinski definition) is 2. The first-order valence-corrected chi connectivity index (χ1v) is 9.26. The normalized spacial score (nSPS) is 11.1. The van der Waals surface area contributed by atoms with Gasteiger partial charge in [0.25, 0.3) is 5.91 Å². The molecule has 2 rings (SSSR count). The molecule has 0 aliphatic rings. The fraction of sp³-hybridized carbons (Fsp3) is 0.333. The highest BCUT2D eigenvalue weighted by atomic mass is 19.1. The molecule has 0 spiro atoms. The van der Waals surface area contributed by atoms with Gasteiger partial charge in [-0.2, -0.15) is 0 Å². The Balaban J connectivity index is 1.95. The molecule has 0 aliphatic heterocycles. The molecule has 0 atom stereocenters. The maximum absolute atomic E-state index is 13.7. The Morgan fingerprint density at radius 2 is 1.78 bits per heavy atom. The minimum absolute atomic E-state index is 0.0850. The Kier molecular flexibility index (Phi) is 8.29. The van der Waals surface area contributed by atoms with E-state index in [0.29, 0.717) is 43.1 Å². The highest BCUT2D eigenvalue weighted by molar-refractivity contribution is 5.94. The van der Waals surface area contributed by atoms with Crippen molar-refractivity contribution in [2.24, 2.45) is 4.99 Å². The predicted octanol–water partition coefficient (Wildman–Crippen LogP) is 2.87. The maximum Gasteiger partial charge on any atom is 0.251 e. The Morgan fingerprint density at radius 3 is 2.52 bits per heavy atom. The molecule has 5 nitrogen and oxygen atoms in total. The lowest BCUT2D eigenvalue weighted by Gasteiger charge is -2.12. The average molecular weight is 370 g/mol. The molecule has 0 aliphatic carbocycles. The number of carbonyl (C=O) groups is 1. The second-order valence-corrected chi connectivity index (χ2v) is 6.02. The minimum atomic E-state index is -0.191. The molecule has 144 valence electrons. The van der Waals surface area contributed by atoms with Crippen molar-refractivity contribution in [2.45, 2.75) is 26.8 Å². The van der Waals surface area contributed by atoms with E-state index in [1.54, 1.807) is 18.2 Å². The third-order valence-electron chi connectivity index (χ3n) is 3.94. The van der Waals surface area contributed by atoms with Gasteiger partial charge in [0.05, 0.1) is 6.54 Å². The van der Waals surface area contributed by atoms with E-state index in [9.17, 15) is 9.18 Å². The summed E-state index contributed by atoms with van der Waals surface area (Å²) in [6.45, 7) is 6.22.